The summed E-state index contributed by atoms with van der Waals surface area (Å²) in [7, 11) is 0. The van der Waals surface area contributed by atoms with E-state index < -0.39 is 23.8 Å². The van der Waals surface area contributed by atoms with E-state index in [9.17, 15) is 19.8 Å². The number of carbonyl (C=O) groups excluding carboxylic acids is 1. The first-order valence-electron chi connectivity index (χ1n) is 13.9. The Morgan fingerprint density at radius 3 is 2.03 bits per heavy atom. The van der Waals surface area contributed by atoms with Gasteiger partial charge in [0.1, 0.15) is 0 Å². The van der Waals surface area contributed by atoms with Gasteiger partial charge in [0.2, 0.25) is 5.91 Å². The molecule has 3 atom stereocenters. The molecule has 1 saturated carbocycles. The van der Waals surface area contributed by atoms with Crippen molar-refractivity contribution in [3.8, 4) is 11.1 Å². The number of rotatable bonds is 13. The predicted molar refractivity (Wildman–Crippen MR) is 151 cm³/mol. The fraction of sp³-hybridized carbons (Fsp3) is 0.394. The van der Waals surface area contributed by atoms with Crippen LogP contribution in [-0.2, 0) is 22.4 Å². The van der Waals surface area contributed by atoms with Crippen molar-refractivity contribution in [2.75, 3.05) is 6.61 Å². The number of aliphatic carboxylic acids is 1. The second kappa shape index (κ2) is 13.9. The summed E-state index contributed by atoms with van der Waals surface area (Å²) < 4.78 is 0. The molecule has 0 radical (unpaired) electrons. The number of aliphatic hydroxyl groups is 1. The van der Waals surface area contributed by atoms with Gasteiger partial charge in [0.05, 0.1) is 24.5 Å². The number of hydrogen-bond acceptors (Lipinski definition) is 3. The Kier molecular flexibility index (Phi) is 10.1. The van der Waals surface area contributed by atoms with Crippen LogP contribution in [0.15, 0.2) is 84.9 Å². The molecule has 1 aliphatic carbocycles. The minimum Gasteiger partial charge on any atom is -0.481 e. The molecule has 0 aromatic heterocycles. The van der Waals surface area contributed by atoms with Gasteiger partial charge in [0.25, 0.3) is 0 Å². The molecule has 1 amide bonds. The third kappa shape index (κ3) is 7.55. The first-order valence-corrected chi connectivity index (χ1v) is 13.9. The molecule has 1 fully saturated rings. The summed E-state index contributed by atoms with van der Waals surface area (Å²) in [5.74, 6) is -2.43. The Hall–Kier alpha value is -3.44. The normalized spacial score (nSPS) is 16.0. The average Bonchev–Trinajstić information content (AvgIpc) is 3.47. The number of benzene rings is 3. The van der Waals surface area contributed by atoms with Gasteiger partial charge in [-0.05, 0) is 66.7 Å². The van der Waals surface area contributed by atoms with Gasteiger partial charge in [-0.3, -0.25) is 9.59 Å². The maximum atomic E-state index is 13.6. The van der Waals surface area contributed by atoms with E-state index in [1.54, 1.807) is 0 Å². The lowest BCUT2D eigenvalue weighted by atomic mass is 9.77. The van der Waals surface area contributed by atoms with Crippen molar-refractivity contribution in [3.05, 3.63) is 96.1 Å². The number of nitrogens with one attached hydrogen (secondary N) is 1. The minimum absolute atomic E-state index is 0.0232. The Morgan fingerprint density at radius 2 is 1.42 bits per heavy atom. The van der Waals surface area contributed by atoms with Crippen LogP contribution in [0, 0.1) is 17.8 Å². The summed E-state index contributed by atoms with van der Waals surface area (Å²) >= 11 is 0. The SMILES string of the molecule is O=C(N[C@H](CO)Cc1ccccc1)[C@H](CCCc1ccc(-c2ccccc2)cc1)[C@@H](C(=O)O)C1CCCC1. The highest BCUT2D eigenvalue weighted by Crippen LogP contribution is 2.37. The smallest absolute Gasteiger partial charge is 0.307 e. The van der Waals surface area contributed by atoms with Crippen LogP contribution in [0.2, 0.25) is 0 Å². The molecule has 0 aliphatic heterocycles. The van der Waals surface area contributed by atoms with Gasteiger partial charge in [-0.25, -0.2) is 0 Å². The van der Waals surface area contributed by atoms with Crippen molar-refractivity contribution in [2.45, 2.75) is 57.4 Å². The number of carboxylic acid groups (broad SMARTS) is 1. The fourth-order valence-corrected chi connectivity index (χ4v) is 5.88. The molecule has 0 unspecified atom stereocenters. The second-order valence-corrected chi connectivity index (χ2v) is 10.5. The van der Waals surface area contributed by atoms with E-state index in [2.05, 4.69) is 41.7 Å². The molecule has 3 aromatic carbocycles. The van der Waals surface area contributed by atoms with Crippen LogP contribution < -0.4 is 5.32 Å². The molecule has 5 nitrogen and oxygen atoms in total. The molecule has 4 rings (SSSR count). The third-order valence-corrected chi connectivity index (χ3v) is 7.90. The van der Waals surface area contributed by atoms with Gasteiger partial charge in [0.15, 0.2) is 0 Å². The molecule has 1 aliphatic rings. The van der Waals surface area contributed by atoms with Gasteiger partial charge in [-0.1, -0.05) is 97.8 Å². The zero-order chi connectivity index (χ0) is 26.7. The Morgan fingerprint density at radius 1 is 0.816 bits per heavy atom. The molecule has 0 spiro atoms. The van der Waals surface area contributed by atoms with E-state index in [1.807, 2.05) is 48.5 Å². The average molecular weight is 514 g/mol. The number of carbonyl (C=O) groups is 2. The van der Waals surface area contributed by atoms with E-state index in [4.69, 9.17) is 0 Å². The van der Waals surface area contributed by atoms with Gasteiger partial charge >= 0.3 is 5.97 Å². The second-order valence-electron chi connectivity index (χ2n) is 10.5. The Bertz CT molecular complexity index is 1140. The fourth-order valence-electron chi connectivity index (χ4n) is 5.88. The van der Waals surface area contributed by atoms with E-state index in [0.29, 0.717) is 12.8 Å². The molecule has 38 heavy (non-hydrogen) atoms. The van der Waals surface area contributed by atoms with Crippen LogP contribution in [0.1, 0.15) is 49.7 Å². The summed E-state index contributed by atoms with van der Waals surface area (Å²) in [5.41, 5.74) is 4.53. The van der Waals surface area contributed by atoms with Crippen molar-refractivity contribution < 1.29 is 19.8 Å². The molecular weight excluding hydrogens is 474 g/mol. The lowest BCUT2D eigenvalue weighted by molar-refractivity contribution is -0.150. The zero-order valence-electron chi connectivity index (χ0n) is 22.0. The van der Waals surface area contributed by atoms with Gasteiger partial charge in [0, 0.05) is 0 Å². The zero-order valence-corrected chi connectivity index (χ0v) is 22.0. The summed E-state index contributed by atoms with van der Waals surface area (Å²) in [6, 6.07) is 28.0. The van der Waals surface area contributed by atoms with Crippen LogP contribution in [-0.4, -0.2) is 34.7 Å². The van der Waals surface area contributed by atoms with Crippen LogP contribution in [0.4, 0.5) is 0 Å². The minimum atomic E-state index is -0.882. The number of aryl methyl sites for hydroxylation is 1. The lowest BCUT2D eigenvalue weighted by Gasteiger charge is -2.29. The number of amides is 1. The van der Waals surface area contributed by atoms with E-state index >= 15 is 0 Å². The highest BCUT2D eigenvalue weighted by molar-refractivity contribution is 5.85. The molecule has 0 heterocycles. The first kappa shape index (κ1) is 27.6. The molecule has 200 valence electrons. The largest absolute Gasteiger partial charge is 0.481 e. The molecule has 5 heteroatoms. The van der Waals surface area contributed by atoms with Crippen molar-refractivity contribution in [2.24, 2.45) is 17.8 Å². The molecule has 0 bridgehead atoms. The topological polar surface area (TPSA) is 86.6 Å². The maximum Gasteiger partial charge on any atom is 0.307 e. The van der Waals surface area contributed by atoms with E-state index in [0.717, 1.165) is 49.7 Å². The van der Waals surface area contributed by atoms with Crippen molar-refractivity contribution >= 4 is 11.9 Å². The van der Waals surface area contributed by atoms with E-state index in [-0.39, 0.29) is 18.4 Å². The van der Waals surface area contributed by atoms with Crippen molar-refractivity contribution in [1.82, 2.24) is 5.32 Å². The highest BCUT2D eigenvalue weighted by atomic mass is 16.4. The quantitative estimate of drug-likeness (QED) is 0.265. The standard InChI is InChI=1S/C33H39NO4/c35-23-29(22-25-10-3-1-4-11-25)34-32(36)30(31(33(37)38)28-15-7-8-16-28)17-9-12-24-18-20-27(21-19-24)26-13-5-2-6-14-26/h1-6,10-11,13-14,18-21,28-31,35H,7-9,12,15-17,22-23H2,(H,34,36)(H,37,38)/t29-,30+,31-/m0/s1. The van der Waals surface area contributed by atoms with Crippen LogP contribution >= 0.6 is 0 Å². The third-order valence-electron chi connectivity index (χ3n) is 7.90. The summed E-state index contributed by atoms with van der Waals surface area (Å²) in [6.45, 7) is -0.192. The summed E-state index contributed by atoms with van der Waals surface area (Å²) in [4.78, 5) is 26.0. The highest BCUT2D eigenvalue weighted by Gasteiger charge is 2.40. The van der Waals surface area contributed by atoms with Gasteiger partial charge < -0.3 is 15.5 Å². The van der Waals surface area contributed by atoms with Crippen molar-refractivity contribution in [3.63, 3.8) is 0 Å². The van der Waals surface area contributed by atoms with Crippen LogP contribution in [0.25, 0.3) is 11.1 Å². The predicted octanol–water partition coefficient (Wildman–Crippen LogP) is 5.90. The maximum absolute atomic E-state index is 13.6. The van der Waals surface area contributed by atoms with Gasteiger partial charge in [-0.2, -0.15) is 0 Å². The number of hydrogen-bond donors (Lipinski definition) is 3. The van der Waals surface area contributed by atoms with Crippen LogP contribution in [0.5, 0.6) is 0 Å². The Balaban J connectivity index is 1.43. The molecular formula is C33H39NO4. The number of aliphatic hydroxyl groups excluding tert-OH is 1. The van der Waals surface area contributed by atoms with Crippen LogP contribution in [0.3, 0.4) is 0 Å². The van der Waals surface area contributed by atoms with E-state index in [1.165, 1.54) is 11.1 Å². The molecule has 3 N–H and O–H groups in total. The Labute approximate surface area is 225 Å². The number of carboxylic acids is 1. The summed E-state index contributed by atoms with van der Waals surface area (Å²) in [5, 5.41) is 23.2. The monoisotopic (exact) mass is 513 g/mol. The molecule has 3 aromatic rings. The van der Waals surface area contributed by atoms with Gasteiger partial charge in [-0.15, -0.1) is 0 Å². The lowest BCUT2D eigenvalue weighted by Crippen LogP contribution is -2.46. The molecule has 0 saturated heterocycles. The summed E-state index contributed by atoms with van der Waals surface area (Å²) in [6.07, 6.45) is 6.26. The van der Waals surface area contributed by atoms with Crippen molar-refractivity contribution in [1.29, 1.82) is 0 Å². The first-order chi connectivity index (χ1) is 18.5.